The van der Waals surface area contributed by atoms with Crippen molar-refractivity contribution in [3.8, 4) is 22.6 Å². The largest absolute Gasteiger partial charge is 0.497 e. The van der Waals surface area contributed by atoms with Gasteiger partial charge < -0.3 is 14.6 Å². The van der Waals surface area contributed by atoms with Gasteiger partial charge in [0.1, 0.15) is 17.2 Å². The van der Waals surface area contributed by atoms with Gasteiger partial charge in [0, 0.05) is 10.6 Å². The van der Waals surface area contributed by atoms with Crippen molar-refractivity contribution in [2.24, 2.45) is 0 Å². The van der Waals surface area contributed by atoms with E-state index in [4.69, 9.17) is 9.47 Å². The van der Waals surface area contributed by atoms with Crippen LogP contribution < -0.4 is 25.2 Å². The molecule has 0 bridgehead atoms. The van der Waals surface area contributed by atoms with Crippen LogP contribution in [0, 0.1) is 29.1 Å². The van der Waals surface area contributed by atoms with Crippen molar-refractivity contribution < 1.29 is 36.0 Å². The van der Waals surface area contributed by atoms with E-state index in [1.165, 1.54) is 38.5 Å². The second-order valence-corrected chi connectivity index (χ2v) is 10.1. The summed E-state index contributed by atoms with van der Waals surface area (Å²) in [6.45, 7) is 0. The topological polar surface area (TPSA) is 47.6 Å². The lowest BCUT2D eigenvalue weighted by atomic mass is 10.1. The highest BCUT2D eigenvalue weighted by Gasteiger charge is 2.36. The molecular formula is C26H19F5NO3P. The average molecular weight is 519 g/mol. The number of benzene rings is 4. The molecule has 4 nitrogen and oxygen atoms in total. The zero-order chi connectivity index (χ0) is 26.0. The lowest BCUT2D eigenvalue weighted by Crippen LogP contribution is -2.25. The Hall–Kier alpha value is -3.84. The lowest BCUT2D eigenvalue weighted by molar-refractivity contribution is 0.382. The predicted octanol–water partition coefficient (Wildman–Crippen LogP) is 6.41. The van der Waals surface area contributed by atoms with Crippen LogP contribution in [0.1, 0.15) is 0 Å². The number of anilines is 1. The van der Waals surface area contributed by atoms with Crippen LogP contribution in [0.5, 0.6) is 11.5 Å². The molecule has 0 amide bonds. The SMILES string of the molecule is COc1cccc(P(=O)(Nc2c(F)c(F)c(F)c(F)c2F)c2cc(OC)ccc2-c2ccccc2)c1. The van der Waals surface area contributed by atoms with E-state index in [-0.39, 0.29) is 22.1 Å². The first-order valence-corrected chi connectivity index (χ1v) is 12.2. The Bertz CT molecular complexity index is 1450. The van der Waals surface area contributed by atoms with Gasteiger partial charge in [-0.3, -0.25) is 4.57 Å². The molecule has 4 aromatic rings. The van der Waals surface area contributed by atoms with Crippen LogP contribution in [0.25, 0.3) is 11.1 Å². The summed E-state index contributed by atoms with van der Waals surface area (Å²) in [6, 6.07) is 19.1. The highest BCUT2D eigenvalue weighted by Crippen LogP contribution is 2.49. The first-order valence-electron chi connectivity index (χ1n) is 10.5. The number of halogens is 5. The standard InChI is InChI=1S/C26H19F5NO3P/c1-34-16-9-6-10-18(13-16)36(33,32-26-24(30)22(28)21(27)23(29)25(26)31)20-14-17(35-2)11-12-19(20)15-7-4-3-5-8-15/h3-14H,1-2H3,(H,32,33). The second-order valence-electron chi connectivity index (χ2n) is 7.62. The summed E-state index contributed by atoms with van der Waals surface area (Å²) in [4.78, 5) is 0. The number of hydrogen-bond donors (Lipinski definition) is 1. The van der Waals surface area contributed by atoms with E-state index < -0.39 is 42.1 Å². The van der Waals surface area contributed by atoms with E-state index in [9.17, 15) is 26.5 Å². The van der Waals surface area contributed by atoms with E-state index >= 15 is 0 Å². The van der Waals surface area contributed by atoms with Gasteiger partial charge in [-0.2, -0.15) is 0 Å². The quantitative estimate of drug-likeness (QED) is 0.133. The molecule has 1 unspecified atom stereocenters. The molecular weight excluding hydrogens is 500 g/mol. The van der Waals surface area contributed by atoms with Gasteiger partial charge in [0.25, 0.3) is 0 Å². The van der Waals surface area contributed by atoms with Crippen LogP contribution in [0.2, 0.25) is 0 Å². The second kappa shape index (κ2) is 10.0. The molecule has 0 saturated heterocycles. The van der Waals surface area contributed by atoms with Gasteiger partial charge in [-0.25, -0.2) is 22.0 Å². The van der Waals surface area contributed by atoms with E-state index in [2.05, 4.69) is 5.09 Å². The summed E-state index contributed by atoms with van der Waals surface area (Å²) in [5.41, 5.74) is -0.434. The summed E-state index contributed by atoms with van der Waals surface area (Å²) in [5, 5.41) is 2.21. The van der Waals surface area contributed by atoms with E-state index in [1.807, 2.05) is 0 Å². The monoisotopic (exact) mass is 519 g/mol. The lowest BCUT2D eigenvalue weighted by Gasteiger charge is -2.25. The summed E-state index contributed by atoms with van der Waals surface area (Å²) in [7, 11) is -1.65. The van der Waals surface area contributed by atoms with Crippen molar-refractivity contribution in [2.75, 3.05) is 19.3 Å². The minimum atomic E-state index is -4.38. The Labute approximate surface area is 203 Å². The molecule has 186 valence electrons. The molecule has 10 heteroatoms. The third kappa shape index (κ3) is 4.42. The van der Waals surface area contributed by atoms with Crippen LogP contribution >= 0.6 is 7.29 Å². The molecule has 0 saturated carbocycles. The third-order valence-corrected chi connectivity index (χ3v) is 8.12. The zero-order valence-electron chi connectivity index (χ0n) is 19.0. The molecule has 0 heterocycles. The summed E-state index contributed by atoms with van der Waals surface area (Å²) >= 11 is 0. The highest BCUT2D eigenvalue weighted by molar-refractivity contribution is 7.80. The van der Waals surface area contributed by atoms with Crippen molar-refractivity contribution in [1.29, 1.82) is 0 Å². The molecule has 4 rings (SSSR count). The fourth-order valence-corrected chi connectivity index (χ4v) is 6.19. The predicted molar refractivity (Wildman–Crippen MR) is 128 cm³/mol. The normalized spacial score (nSPS) is 12.6. The van der Waals surface area contributed by atoms with Crippen molar-refractivity contribution in [1.82, 2.24) is 0 Å². The number of rotatable bonds is 7. The van der Waals surface area contributed by atoms with Gasteiger partial charge >= 0.3 is 0 Å². The van der Waals surface area contributed by atoms with Crippen LogP contribution in [0.4, 0.5) is 27.6 Å². The number of hydrogen-bond acceptors (Lipinski definition) is 3. The third-order valence-electron chi connectivity index (χ3n) is 5.52. The Morgan fingerprint density at radius 2 is 1.25 bits per heavy atom. The molecule has 4 aromatic carbocycles. The Morgan fingerprint density at radius 3 is 1.86 bits per heavy atom. The molecule has 0 aromatic heterocycles. The fourth-order valence-electron chi connectivity index (χ4n) is 3.69. The van der Waals surface area contributed by atoms with Gasteiger partial charge in [0.15, 0.2) is 23.3 Å². The smallest absolute Gasteiger partial charge is 0.228 e. The summed E-state index contributed by atoms with van der Waals surface area (Å²) in [5.74, 6) is -10.4. The summed E-state index contributed by atoms with van der Waals surface area (Å²) in [6.07, 6.45) is 0. The van der Waals surface area contributed by atoms with E-state index in [0.29, 0.717) is 11.1 Å². The maximum atomic E-state index is 14.8. The molecule has 1 N–H and O–H groups in total. The van der Waals surface area contributed by atoms with Crippen LogP contribution in [-0.4, -0.2) is 14.2 Å². The molecule has 0 fully saturated rings. The molecule has 0 spiro atoms. The number of nitrogens with one attached hydrogen (secondary N) is 1. The van der Waals surface area contributed by atoms with Gasteiger partial charge in [-0.05, 0) is 47.5 Å². The minimum Gasteiger partial charge on any atom is -0.497 e. The Kier molecular flexibility index (Phi) is 7.04. The van der Waals surface area contributed by atoms with Gasteiger partial charge in [0.05, 0.1) is 14.2 Å². The van der Waals surface area contributed by atoms with E-state index in [1.54, 1.807) is 48.5 Å². The average Bonchev–Trinajstić information content (AvgIpc) is 2.93. The van der Waals surface area contributed by atoms with Gasteiger partial charge in [0.2, 0.25) is 13.1 Å². The maximum Gasteiger partial charge on any atom is 0.228 e. The van der Waals surface area contributed by atoms with Crippen molar-refractivity contribution in [3.05, 3.63) is 102 Å². The van der Waals surface area contributed by atoms with Crippen molar-refractivity contribution in [2.45, 2.75) is 0 Å². The molecule has 0 radical (unpaired) electrons. The van der Waals surface area contributed by atoms with Crippen LogP contribution in [-0.2, 0) is 4.57 Å². The summed E-state index contributed by atoms with van der Waals surface area (Å²) < 4.78 is 96.5. The highest BCUT2D eigenvalue weighted by atomic mass is 31.2. The van der Waals surface area contributed by atoms with Crippen LogP contribution in [0.3, 0.4) is 0 Å². The van der Waals surface area contributed by atoms with Crippen LogP contribution in [0.15, 0.2) is 72.8 Å². The molecule has 1 atom stereocenters. The molecule has 0 aliphatic heterocycles. The maximum absolute atomic E-state index is 14.8. The molecule has 0 aliphatic carbocycles. The van der Waals surface area contributed by atoms with Gasteiger partial charge in [-0.1, -0.05) is 36.4 Å². The number of ether oxygens (including phenoxy) is 2. The van der Waals surface area contributed by atoms with Crippen molar-refractivity contribution in [3.63, 3.8) is 0 Å². The Morgan fingerprint density at radius 1 is 0.667 bits per heavy atom. The van der Waals surface area contributed by atoms with E-state index in [0.717, 1.165) is 0 Å². The van der Waals surface area contributed by atoms with Gasteiger partial charge in [-0.15, -0.1) is 0 Å². The fraction of sp³-hybridized carbons (Fsp3) is 0.0769. The minimum absolute atomic E-state index is 0.00349. The Balaban J connectivity index is 2.06. The molecule has 36 heavy (non-hydrogen) atoms. The zero-order valence-corrected chi connectivity index (χ0v) is 19.9. The van der Waals surface area contributed by atoms with Crippen molar-refractivity contribution >= 4 is 23.6 Å². The first-order chi connectivity index (χ1) is 17.2. The number of methoxy groups -OCH3 is 2. The first kappa shape index (κ1) is 25.3. The molecule has 0 aliphatic rings.